The van der Waals surface area contributed by atoms with Crippen LogP contribution in [0.3, 0.4) is 0 Å². The van der Waals surface area contributed by atoms with Crippen LogP contribution in [-0.4, -0.2) is 19.8 Å². The molecule has 0 heterocycles. The zero-order valence-corrected chi connectivity index (χ0v) is 15.1. The van der Waals surface area contributed by atoms with Crippen LogP contribution in [0.2, 0.25) is 4.13 Å². The van der Waals surface area contributed by atoms with Crippen molar-refractivity contribution in [3.8, 4) is 0 Å². The molecule has 0 saturated carbocycles. The summed E-state index contributed by atoms with van der Waals surface area (Å²) in [7, 11) is 0. The molecule has 1 aliphatic rings. The summed E-state index contributed by atoms with van der Waals surface area (Å²) >= 11 is 1.63. The van der Waals surface area contributed by atoms with E-state index in [0.717, 1.165) is 0 Å². The van der Waals surface area contributed by atoms with Crippen LogP contribution in [0.1, 0.15) is 37.8 Å². The molecule has 0 saturated heterocycles. The fourth-order valence-corrected chi connectivity index (χ4v) is 2.38. The van der Waals surface area contributed by atoms with Crippen molar-refractivity contribution in [1.29, 1.82) is 0 Å². The Morgan fingerprint density at radius 2 is 1.40 bits per heavy atom. The molecule has 3 nitrogen and oxygen atoms in total. The van der Waals surface area contributed by atoms with E-state index in [1.165, 1.54) is 15.3 Å². The van der Waals surface area contributed by atoms with E-state index in [4.69, 9.17) is 15.3 Å². The standard InChI is InChI=1S/C10H9.3C2H5O.Zr/c1-8-6-7-9-4-2-3-5-10(8)9;3*1-2-3;/h2-8H,1H2;3*2H2,1H3;/q;3*-1;+3. The van der Waals surface area contributed by atoms with Gasteiger partial charge < -0.3 is 15.3 Å². The van der Waals surface area contributed by atoms with E-state index in [2.05, 4.69) is 36.4 Å². The van der Waals surface area contributed by atoms with E-state index in [1.54, 1.807) is 45.5 Å². The van der Waals surface area contributed by atoms with Crippen molar-refractivity contribution in [3.05, 3.63) is 41.5 Å². The molecule has 1 aliphatic carbocycles. The first kappa shape index (κ1) is 22.0. The minimum absolute atomic E-state index is 0. The SMILES string of the molecule is CC[O-].CC[O-].CC[O-].[Zr+3][CH2]C1C=Cc2ccccc21. The molecule has 0 spiro atoms. The van der Waals surface area contributed by atoms with Crippen LogP contribution in [0.5, 0.6) is 0 Å². The van der Waals surface area contributed by atoms with Gasteiger partial charge in [-0.3, -0.25) is 0 Å². The Morgan fingerprint density at radius 3 is 1.85 bits per heavy atom. The summed E-state index contributed by atoms with van der Waals surface area (Å²) in [6.07, 6.45) is 4.56. The molecule has 1 atom stereocenters. The molecule has 1 unspecified atom stereocenters. The molecule has 0 bridgehead atoms. The Bertz CT molecular complexity index is 335. The number of allylic oxidation sites excluding steroid dienone is 1. The van der Waals surface area contributed by atoms with Gasteiger partial charge in [-0.15, -0.1) is 19.8 Å². The Morgan fingerprint density at radius 1 is 0.950 bits per heavy atom. The number of benzene rings is 1. The maximum absolute atomic E-state index is 8.93. The molecule has 1 aromatic rings. The van der Waals surface area contributed by atoms with Gasteiger partial charge in [-0.2, -0.15) is 0 Å². The van der Waals surface area contributed by atoms with Crippen molar-refractivity contribution in [2.75, 3.05) is 19.8 Å². The van der Waals surface area contributed by atoms with Gasteiger partial charge >= 0.3 is 82.3 Å². The van der Waals surface area contributed by atoms with Gasteiger partial charge in [0.2, 0.25) is 0 Å². The summed E-state index contributed by atoms with van der Waals surface area (Å²) in [6, 6.07) is 8.67. The molecule has 0 radical (unpaired) electrons. The fourth-order valence-electron chi connectivity index (χ4n) is 1.50. The van der Waals surface area contributed by atoms with E-state index in [1.807, 2.05) is 0 Å². The van der Waals surface area contributed by atoms with Gasteiger partial charge in [-0.1, -0.05) is 20.8 Å². The monoisotopic (exact) mass is 354 g/mol. The van der Waals surface area contributed by atoms with Crippen LogP contribution in [0.25, 0.3) is 6.08 Å². The predicted molar refractivity (Wildman–Crippen MR) is 74.6 cm³/mol. The van der Waals surface area contributed by atoms with Gasteiger partial charge in [0.05, 0.1) is 0 Å². The summed E-state index contributed by atoms with van der Waals surface area (Å²) in [5, 5.41) is 26.8. The van der Waals surface area contributed by atoms with Gasteiger partial charge in [0.25, 0.3) is 0 Å². The number of fused-ring (bicyclic) bond motifs is 1. The average Bonchev–Trinajstić information content (AvgIpc) is 2.84. The Hall–Kier alpha value is -0.277. The van der Waals surface area contributed by atoms with E-state index in [-0.39, 0.29) is 19.8 Å². The third-order valence-electron chi connectivity index (χ3n) is 2.12. The second-order valence-corrected chi connectivity index (χ2v) is 4.67. The fraction of sp³-hybridized carbons (Fsp3) is 0.500. The summed E-state index contributed by atoms with van der Waals surface area (Å²) in [4.78, 5) is 0. The van der Waals surface area contributed by atoms with Crippen molar-refractivity contribution in [1.82, 2.24) is 0 Å². The summed E-state index contributed by atoms with van der Waals surface area (Å²) in [6.45, 7) is 4.71. The van der Waals surface area contributed by atoms with Crippen molar-refractivity contribution in [3.63, 3.8) is 0 Å². The Labute approximate surface area is 138 Å². The van der Waals surface area contributed by atoms with Crippen LogP contribution in [-0.2, 0) is 24.7 Å². The van der Waals surface area contributed by atoms with Gasteiger partial charge in [-0.25, -0.2) is 0 Å². The summed E-state index contributed by atoms with van der Waals surface area (Å²) in [5.41, 5.74) is 2.93. The molecule has 1 aromatic carbocycles. The van der Waals surface area contributed by atoms with Gasteiger partial charge in [0.15, 0.2) is 0 Å². The second kappa shape index (κ2) is 16.8. The molecule has 0 aromatic heterocycles. The van der Waals surface area contributed by atoms with Crippen molar-refractivity contribution >= 4 is 6.08 Å². The molecule has 20 heavy (non-hydrogen) atoms. The quantitative estimate of drug-likeness (QED) is 0.750. The first-order chi connectivity index (χ1) is 9.66. The molecular formula is C16H24O3Zr. The van der Waals surface area contributed by atoms with Crippen LogP contribution in [0, 0.1) is 0 Å². The third kappa shape index (κ3) is 10.5. The minimum atomic E-state index is 0. The zero-order valence-electron chi connectivity index (χ0n) is 12.6. The van der Waals surface area contributed by atoms with Crippen LogP contribution >= 0.6 is 0 Å². The Kier molecular flexibility index (Phi) is 18.5. The molecule has 4 heteroatoms. The van der Waals surface area contributed by atoms with E-state index < -0.39 is 0 Å². The molecule has 0 aliphatic heterocycles. The van der Waals surface area contributed by atoms with Crippen molar-refractivity contribution < 1.29 is 40.0 Å². The number of hydrogen-bond acceptors (Lipinski definition) is 3. The third-order valence-corrected chi connectivity index (χ3v) is 3.20. The van der Waals surface area contributed by atoms with Gasteiger partial charge in [-0.05, 0) is 0 Å². The average molecular weight is 356 g/mol. The van der Waals surface area contributed by atoms with Crippen molar-refractivity contribution in [2.24, 2.45) is 0 Å². The summed E-state index contributed by atoms with van der Waals surface area (Å²) < 4.78 is 1.31. The maximum atomic E-state index is 8.93. The van der Waals surface area contributed by atoms with Crippen LogP contribution in [0.4, 0.5) is 0 Å². The van der Waals surface area contributed by atoms with Gasteiger partial charge in [0, 0.05) is 0 Å². The predicted octanol–water partition coefficient (Wildman–Crippen LogP) is 0.862. The van der Waals surface area contributed by atoms with E-state index in [9.17, 15) is 0 Å². The molecule has 2 rings (SSSR count). The van der Waals surface area contributed by atoms with Gasteiger partial charge in [0.1, 0.15) is 0 Å². The number of rotatable bonds is 1. The van der Waals surface area contributed by atoms with Crippen LogP contribution < -0.4 is 15.3 Å². The molecule has 0 amide bonds. The second-order valence-electron chi connectivity index (χ2n) is 3.66. The topological polar surface area (TPSA) is 69.2 Å². The Balaban J connectivity index is 0. The molecule has 110 valence electrons. The normalized spacial score (nSPS) is 13.9. The van der Waals surface area contributed by atoms with Crippen LogP contribution in [0.15, 0.2) is 30.3 Å². The molecule has 0 fully saturated rings. The molecule has 0 N–H and O–H groups in total. The first-order valence-corrected chi connectivity index (χ1v) is 8.56. The van der Waals surface area contributed by atoms with E-state index in [0.29, 0.717) is 5.92 Å². The first-order valence-electron chi connectivity index (χ1n) is 6.82. The van der Waals surface area contributed by atoms with Crippen molar-refractivity contribution in [2.45, 2.75) is 30.8 Å². The molecular weight excluding hydrogens is 331 g/mol. The van der Waals surface area contributed by atoms with E-state index >= 15 is 0 Å². The zero-order chi connectivity index (χ0) is 15.8. The number of hydrogen-bond donors (Lipinski definition) is 0. The summed E-state index contributed by atoms with van der Waals surface area (Å²) in [5.74, 6) is 0.712.